The molecule has 0 saturated heterocycles. The van der Waals surface area contributed by atoms with Crippen LogP contribution in [0.2, 0.25) is 0 Å². The summed E-state index contributed by atoms with van der Waals surface area (Å²) in [6, 6.07) is 6.10. The minimum atomic E-state index is -0.870. The lowest BCUT2D eigenvalue weighted by atomic mass is 9.85. The molecule has 1 aromatic carbocycles. The second-order valence-corrected chi connectivity index (χ2v) is 8.38. The van der Waals surface area contributed by atoms with Crippen LogP contribution in [0.25, 0.3) is 5.57 Å². The Bertz CT molecular complexity index is 1050. The molecule has 0 amide bonds. The quantitative estimate of drug-likeness (QED) is 0.415. The van der Waals surface area contributed by atoms with Crippen LogP contribution >= 0.6 is 0 Å². The topological polar surface area (TPSA) is 130 Å². The first-order chi connectivity index (χ1) is 14.6. The fraction of sp³-hybridized carbons (Fsp3) is 0.381. The third kappa shape index (κ3) is 5.08. The van der Waals surface area contributed by atoms with Gasteiger partial charge in [0.05, 0.1) is 28.7 Å². The highest BCUT2D eigenvalue weighted by atomic mass is 16.7. The Hall–Kier alpha value is -3.69. The number of nitrogens with one attached hydrogen (secondary N) is 1. The van der Waals surface area contributed by atoms with Gasteiger partial charge in [0.25, 0.3) is 5.69 Å². The zero-order valence-electron chi connectivity index (χ0n) is 18.0. The number of nitro benzene ring substituents is 1. The van der Waals surface area contributed by atoms with Crippen molar-refractivity contribution in [1.82, 2.24) is 15.5 Å². The smallest absolute Gasteiger partial charge is 0.433 e. The van der Waals surface area contributed by atoms with Crippen molar-refractivity contribution < 1.29 is 23.6 Å². The van der Waals surface area contributed by atoms with Gasteiger partial charge in [-0.1, -0.05) is 32.9 Å². The Morgan fingerprint density at radius 1 is 1.29 bits per heavy atom. The average molecular weight is 428 g/mol. The summed E-state index contributed by atoms with van der Waals surface area (Å²) in [4.78, 5) is 23.3. The highest BCUT2D eigenvalue weighted by molar-refractivity contribution is 5.75. The molecule has 1 aromatic heterocycles. The summed E-state index contributed by atoms with van der Waals surface area (Å²) in [5.74, 6) is -0.264. The lowest BCUT2D eigenvalue weighted by Gasteiger charge is -2.30. The van der Waals surface area contributed by atoms with E-state index in [1.165, 1.54) is 18.5 Å². The van der Waals surface area contributed by atoms with Crippen molar-refractivity contribution in [2.45, 2.75) is 40.5 Å². The minimum Gasteiger partial charge on any atom is -0.433 e. The lowest BCUT2D eigenvalue weighted by Crippen LogP contribution is -2.27. The fourth-order valence-corrected chi connectivity index (χ4v) is 3.21. The molecular weight excluding hydrogens is 404 g/mol. The van der Waals surface area contributed by atoms with E-state index in [1.807, 2.05) is 27.7 Å². The molecule has 1 aliphatic heterocycles. The van der Waals surface area contributed by atoms with Crippen LogP contribution < -0.4 is 5.32 Å². The van der Waals surface area contributed by atoms with Gasteiger partial charge in [0.15, 0.2) is 0 Å². The molecule has 0 radical (unpaired) electrons. The molecule has 1 N–H and O–H groups in total. The Morgan fingerprint density at radius 2 is 2.03 bits per heavy atom. The number of ether oxygens (including phenoxy) is 2. The van der Waals surface area contributed by atoms with Crippen molar-refractivity contribution in [2.75, 3.05) is 6.61 Å². The molecule has 0 spiro atoms. The molecule has 31 heavy (non-hydrogen) atoms. The summed E-state index contributed by atoms with van der Waals surface area (Å²) in [5, 5.41) is 22.2. The summed E-state index contributed by atoms with van der Waals surface area (Å²) >= 11 is 0. The summed E-state index contributed by atoms with van der Waals surface area (Å²) < 4.78 is 16.3. The van der Waals surface area contributed by atoms with E-state index in [1.54, 1.807) is 19.1 Å². The van der Waals surface area contributed by atoms with Gasteiger partial charge in [-0.15, -0.1) is 10.2 Å². The molecule has 1 atom stereocenters. The number of benzene rings is 1. The SMILES string of the molecule is CC1=C(OC(=O)OCC(C)(C)C)C(c2cccc([N+](=O)[O-])c2)C(c2nnco2)=C(C)N1. The van der Waals surface area contributed by atoms with Gasteiger partial charge < -0.3 is 19.2 Å². The van der Waals surface area contributed by atoms with E-state index in [0.717, 1.165) is 0 Å². The van der Waals surface area contributed by atoms with Crippen LogP contribution in [0.3, 0.4) is 0 Å². The van der Waals surface area contributed by atoms with Gasteiger partial charge in [-0.25, -0.2) is 4.79 Å². The molecule has 0 saturated carbocycles. The highest BCUT2D eigenvalue weighted by Gasteiger charge is 2.36. The predicted octanol–water partition coefficient (Wildman–Crippen LogP) is 4.53. The lowest BCUT2D eigenvalue weighted by molar-refractivity contribution is -0.384. The van der Waals surface area contributed by atoms with Crippen LogP contribution in [0.4, 0.5) is 10.5 Å². The normalized spacial score (nSPS) is 16.7. The van der Waals surface area contributed by atoms with Gasteiger partial charge in [0, 0.05) is 17.8 Å². The van der Waals surface area contributed by atoms with Gasteiger partial charge in [0.1, 0.15) is 5.76 Å². The number of dihydropyridines is 1. The standard InChI is InChI=1S/C21H24N4O6/c1-12-16(19-24-22-11-30-19)17(14-7-6-8-15(9-14)25(27)28)18(13(2)23-12)31-20(26)29-10-21(3,4)5/h6-9,11,17,23H,10H2,1-5H3. The number of hydrogen-bond donors (Lipinski definition) is 1. The monoisotopic (exact) mass is 428 g/mol. The van der Waals surface area contributed by atoms with E-state index in [9.17, 15) is 14.9 Å². The van der Waals surface area contributed by atoms with E-state index in [-0.39, 0.29) is 29.4 Å². The summed E-state index contributed by atoms with van der Waals surface area (Å²) in [6.45, 7) is 9.50. The van der Waals surface area contributed by atoms with Crippen molar-refractivity contribution >= 4 is 17.4 Å². The second kappa shape index (κ2) is 8.58. The van der Waals surface area contributed by atoms with Crippen LogP contribution in [0.5, 0.6) is 0 Å². The first-order valence-corrected chi connectivity index (χ1v) is 9.61. The zero-order chi connectivity index (χ0) is 22.8. The van der Waals surface area contributed by atoms with Gasteiger partial charge in [-0.05, 0) is 24.8 Å². The van der Waals surface area contributed by atoms with Gasteiger partial charge >= 0.3 is 6.16 Å². The van der Waals surface area contributed by atoms with Gasteiger partial charge in [0.2, 0.25) is 12.3 Å². The van der Waals surface area contributed by atoms with E-state index in [4.69, 9.17) is 13.9 Å². The van der Waals surface area contributed by atoms with E-state index in [0.29, 0.717) is 22.5 Å². The molecule has 0 bridgehead atoms. The molecule has 0 fully saturated rings. The largest absolute Gasteiger partial charge is 0.513 e. The third-order valence-electron chi connectivity index (χ3n) is 4.52. The first kappa shape index (κ1) is 22.0. The van der Waals surface area contributed by atoms with Crippen molar-refractivity contribution in [2.24, 2.45) is 5.41 Å². The van der Waals surface area contributed by atoms with E-state index >= 15 is 0 Å². The highest BCUT2D eigenvalue weighted by Crippen LogP contribution is 2.43. The van der Waals surface area contributed by atoms with Crippen LogP contribution in [-0.2, 0) is 9.47 Å². The number of rotatable bonds is 5. The summed E-state index contributed by atoms with van der Waals surface area (Å²) in [7, 11) is 0. The van der Waals surface area contributed by atoms with Crippen LogP contribution in [0.1, 0.15) is 52.0 Å². The van der Waals surface area contributed by atoms with Crippen LogP contribution in [-0.4, -0.2) is 27.9 Å². The summed E-state index contributed by atoms with van der Waals surface area (Å²) in [6.07, 6.45) is 0.314. The van der Waals surface area contributed by atoms with Crippen molar-refractivity contribution in [1.29, 1.82) is 0 Å². The maximum atomic E-state index is 12.4. The molecule has 0 aliphatic carbocycles. The number of non-ortho nitro benzene ring substituents is 1. The number of nitro groups is 1. The first-order valence-electron chi connectivity index (χ1n) is 9.61. The molecule has 10 nitrogen and oxygen atoms in total. The van der Waals surface area contributed by atoms with Gasteiger partial charge in [-0.3, -0.25) is 10.1 Å². The van der Waals surface area contributed by atoms with Crippen molar-refractivity contribution in [3.63, 3.8) is 0 Å². The second-order valence-electron chi connectivity index (χ2n) is 8.38. The molecule has 2 heterocycles. The molecule has 164 valence electrons. The zero-order valence-corrected chi connectivity index (χ0v) is 18.0. The Kier molecular flexibility index (Phi) is 6.09. The maximum Gasteiger partial charge on any atom is 0.513 e. The average Bonchev–Trinajstić information content (AvgIpc) is 3.22. The molecule has 1 aliphatic rings. The molecule has 10 heteroatoms. The number of carbonyl (C=O) groups is 1. The van der Waals surface area contributed by atoms with Crippen LogP contribution in [0, 0.1) is 15.5 Å². The van der Waals surface area contributed by atoms with Crippen LogP contribution in [0.15, 0.2) is 52.2 Å². The van der Waals surface area contributed by atoms with Crippen molar-refractivity contribution in [3.05, 3.63) is 69.4 Å². The van der Waals surface area contributed by atoms with E-state index < -0.39 is 17.0 Å². The Balaban J connectivity index is 2.05. The molecular formula is C21H24N4O6. The Morgan fingerprint density at radius 3 is 2.65 bits per heavy atom. The number of allylic oxidation sites excluding steroid dienone is 3. The van der Waals surface area contributed by atoms with Gasteiger partial charge in [-0.2, -0.15) is 0 Å². The third-order valence-corrected chi connectivity index (χ3v) is 4.52. The summed E-state index contributed by atoms with van der Waals surface area (Å²) in [5.41, 5.74) is 1.99. The Labute approximate surface area is 179 Å². The molecule has 1 unspecified atom stereocenters. The number of carbonyl (C=O) groups excluding carboxylic acids is 1. The van der Waals surface area contributed by atoms with E-state index in [2.05, 4.69) is 15.5 Å². The number of hydrogen-bond acceptors (Lipinski definition) is 9. The predicted molar refractivity (Wildman–Crippen MR) is 110 cm³/mol. The number of nitrogens with zero attached hydrogens (tertiary/aromatic N) is 3. The minimum absolute atomic E-state index is 0.0918. The number of aromatic nitrogens is 2. The fourth-order valence-electron chi connectivity index (χ4n) is 3.21. The van der Waals surface area contributed by atoms with Crippen molar-refractivity contribution in [3.8, 4) is 0 Å². The molecule has 2 aromatic rings. The maximum absolute atomic E-state index is 12.4. The molecule has 3 rings (SSSR count).